The highest BCUT2D eigenvalue weighted by atomic mass is 16.2. The first-order valence-corrected chi connectivity index (χ1v) is 8.08. The Kier molecular flexibility index (Phi) is 3.52. The van der Waals surface area contributed by atoms with Crippen molar-refractivity contribution in [3.8, 4) is 0 Å². The quantitative estimate of drug-likeness (QED) is 0.740. The van der Waals surface area contributed by atoms with Gasteiger partial charge in [-0.3, -0.25) is 9.78 Å². The lowest BCUT2D eigenvalue weighted by atomic mass is 9.93. The molecule has 1 aliphatic rings. The van der Waals surface area contributed by atoms with E-state index in [-0.39, 0.29) is 5.91 Å². The van der Waals surface area contributed by atoms with E-state index in [1.807, 2.05) is 31.1 Å². The second-order valence-electron chi connectivity index (χ2n) is 6.42. The van der Waals surface area contributed by atoms with E-state index in [1.165, 1.54) is 10.9 Å². The zero-order valence-corrected chi connectivity index (χ0v) is 13.8. The molecule has 0 aliphatic carbocycles. The minimum absolute atomic E-state index is 0.0104. The van der Waals surface area contributed by atoms with Crippen LogP contribution in [0.4, 0.5) is 0 Å². The van der Waals surface area contributed by atoms with Crippen molar-refractivity contribution in [3.63, 3.8) is 0 Å². The van der Waals surface area contributed by atoms with Gasteiger partial charge in [-0.05, 0) is 31.4 Å². The molecule has 0 unspecified atom stereocenters. The summed E-state index contributed by atoms with van der Waals surface area (Å²) in [6, 6.07) is 4.14. The van der Waals surface area contributed by atoms with Crippen molar-refractivity contribution in [2.75, 3.05) is 13.1 Å². The largest absolute Gasteiger partial charge is 0.349 e. The number of hydrogen-bond donors (Lipinski definition) is 0. The van der Waals surface area contributed by atoms with Crippen LogP contribution in [0.2, 0.25) is 0 Å². The van der Waals surface area contributed by atoms with Crippen LogP contribution in [0.25, 0.3) is 10.9 Å². The first-order chi connectivity index (χ1) is 11.6. The minimum Gasteiger partial charge on any atom is -0.349 e. The van der Waals surface area contributed by atoms with E-state index in [0.29, 0.717) is 17.3 Å². The van der Waals surface area contributed by atoms with E-state index in [4.69, 9.17) is 0 Å². The van der Waals surface area contributed by atoms with E-state index in [2.05, 4.69) is 31.8 Å². The zero-order chi connectivity index (χ0) is 16.7. The van der Waals surface area contributed by atoms with Gasteiger partial charge in [0.25, 0.3) is 5.91 Å². The lowest BCUT2D eigenvalue weighted by Crippen LogP contribution is -2.50. The fourth-order valence-corrected chi connectivity index (χ4v) is 3.30. The number of rotatable bonds is 3. The monoisotopic (exact) mass is 321 g/mol. The maximum Gasteiger partial charge on any atom is 0.257 e. The van der Waals surface area contributed by atoms with Gasteiger partial charge in [0.2, 0.25) is 0 Å². The molecular formula is C18H19N5O. The van der Waals surface area contributed by atoms with Crippen LogP contribution >= 0.6 is 0 Å². The number of pyridine rings is 1. The van der Waals surface area contributed by atoms with Crippen molar-refractivity contribution in [3.05, 3.63) is 54.0 Å². The fraction of sp³-hybridized carbons (Fsp3) is 0.333. The summed E-state index contributed by atoms with van der Waals surface area (Å²) in [7, 11) is 2.04. The summed E-state index contributed by atoms with van der Waals surface area (Å²) in [5, 5.41) is 1.21. The van der Waals surface area contributed by atoms with Gasteiger partial charge in [0.1, 0.15) is 5.82 Å². The molecule has 0 saturated carbocycles. The second kappa shape index (κ2) is 5.70. The number of aryl methyl sites for hydroxylation is 2. The number of aromatic nitrogens is 4. The van der Waals surface area contributed by atoms with Crippen LogP contribution < -0.4 is 0 Å². The summed E-state index contributed by atoms with van der Waals surface area (Å²) in [6.07, 6.45) is 8.02. The summed E-state index contributed by atoms with van der Waals surface area (Å²) >= 11 is 0. The third-order valence-electron chi connectivity index (χ3n) is 4.62. The predicted molar refractivity (Wildman–Crippen MR) is 90.6 cm³/mol. The fourth-order valence-electron chi connectivity index (χ4n) is 3.30. The minimum atomic E-state index is 0.0104. The summed E-state index contributed by atoms with van der Waals surface area (Å²) in [6.45, 7) is 3.33. The first kappa shape index (κ1) is 14.8. The lowest BCUT2D eigenvalue weighted by molar-refractivity contribution is 0.0499. The van der Waals surface area contributed by atoms with Gasteiger partial charge < -0.3 is 9.47 Å². The van der Waals surface area contributed by atoms with Gasteiger partial charge in [-0.1, -0.05) is 0 Å². The van der Waals surface area contributed by atoms with Crippen molar-refractivity contribution < 1.29 is 4.79 Å². The average Bonchev–Trinajstić information content (AvgIpc) is 2.93. The van der Waals surface area contributed by atoms with Gasteiger partial charge in [-0.15, -0.1) is 0 Å². The average molecular weight is 321 g/mol. The van der Waals surface area contributed by atoms with Gasteiger partial charge >= 0.3 is 0 Å². The number of carbonyl (C=O) groups is 1. The normalized spacial score (nSPS) is 14.8. The van der Waals surface area contributed by atoms with Crippen molar-refractivity contribution in [2.24, 2.45) is 13.0 Å². The molecule has 0 aromatic carbocycles. The van der Waals surface area contributed by atoms with Crippen molar-refractivity contribution >= 4 is 16.8 Å². The molecule has 0 radical (unpaired) electrons. The molecule has 24 heavy (non-hydrogen) atoms. The number of hydrogen-bond acceptors (Lipinski definition) is 4. The van der Waals surface area contributed by atoms with Gasteiger partial charge in [0.05, 0.1) is 16.8 Å². The van der Waals surface area contributed by atoms with Crippen molar-refractivity contribution in [1.82, 2.24) is 24.4 Å². The van der Waals surface area contributed by atoms with Gasteiger partial charge in [0.15, 0.2) is 0 Å². The molecule has 6 heteroatoms. The van der Waals surface area contributed by atoms with E-state index in [1.54, 1.807) is 12.4 Å². The molecule has 1 saturated heterocycles. The highest BCUT2D eigenvalue weighted by Crippen LogP contribution is 2.25. The smallest absolute Gasteiger partial charge is 0.257 e. The standard InChI is InChI=1S/C18H19N5O/c1-12-20-8-15(9-21-12)18(24)23-10-13(11-23)7-16-17-14(3-5-19-16)4-6-22(17)2/h3-6,8-9,13H,7,10-11H2,1-2H3. The highest BCUT2D eigenvalue weighted by Gasteiger charge is 2.32. The molecule has 3 aromatic heterocycles. The van der Waals surface area contributed by atoms with Crippen molar-refractivity contribution in [2.45, 2.75) is 13.3 Å². The Morgan fingerprint density at radius 1 is 1.21 bits per heavy atom. The Bertz CT molecular complexity index is 893. The van der Waals surface area contributed by atoms with Gasteiger partial charge in [-0.2, -0.15) is 0 Å². The van der Waals surface area contributed by atoms with Crippen LogP contribution in [-0.4, -0.2) is 43.4 Å². The van der Waals surface area contributed by atoms with Crippen LogP contribution in [0.1, 0.15) is 21.9 Å². The third kappa shape index (κ3) is 2.54. The van der Waals surface area contributed by atoms with Crippen LogP contribution in [0, 0.1) is 12.8 Å². The van der Waals surface area contributed by atoms with Gasteiger partial charge in [-0.25, -0.2) is 9.97 Å². The maximum absolute atomic E-state index is 12.4. The molecule has 1 aliphatic heterocycles. The van der Waals surface area contributed by atoms with Crippen LogP contribution in [0.15, 0.2) is 36.9 Å². The predicted octanol–water partition coefficient (Wildman–Crippen LogP) is 1.99. The molecular weight excluding hydrogens is 302 g/mol. The van der Waals surface area contributed by atoms with E-state index in [9.17, 15) is 4.79 Å². The van der Waals surface area contributed by atoms with Crippen molar-refractivity contribution in [1.29, 1.82) is 0 Å². The van der Waals surface area contributed by atoms with E-state index < -0.39 is 0 Å². The summed E-state index contributed by atoms with van der Waals surface area (Å²) in [4.78, 5) is 27.0. The molecule has 0 bridgehead atoms. The molecule has 1 fully saturated rings. The maximum atomic E-state index is 12.4. The SMILES string of the molecule is Cc1ncc(C(=O)N2CC(Cc3nccc4ccn(C)c34)C2)cn1. The third-order valence-corrected chi connectivity index (χ3v) is 4.62. The number of fused-ring (bicyclic) bond motifs is 1. The molecule has 6 nitrogen and oxygen atoms in total. The number of carbonyl (C=O) groups excluding carboxylic acids is 1. The Morgan fingerprint density at radius 2 is 1.96 bits per heavy atom. The topological polar surface area (TPSA) is 63.9 Å². The molecule has 1 amide bonds. The molecule has 0 N–H and O–H groups in total. The first-order valence-electron chi connectivity index (χ1n) is 8.08. The summed E-state index contributed by atoms with van der Waals surface area (Å²) < 4.78 is 2.11. The lowest BCUT2D eigenvalue weighted by Gasteiger charge is -2.39. The Balaban J connectivity index is 1.43. The highest BCUT2D eigenvalue weighted by molar-refractivity contribution is 5.94. The summed E-state index contributed by atoms with van der Waals surface area (Å²) in [5.41, 5.74) is 2.85. The van der Waals surface area contributed by atoms with Crippen LogP contribution in [-0.2, 0) is 13.5 Å². The Hall–Kier alpha value is -2.76. The number of amides is 1. The molecule has 0 spiro atoms. The van der Waals surface area contributed by atoms with Gasteiger partial charge in [0, 0.05) is 50.3 Å². The van der Waals surface area contributed by atoms with Crippen LogP contribution in [0.3, 0.4) is 0 Å². The number of likely N-dealkylation sites (tertiary alicyclic amines) is 1. The molecule has 0 atom stereocenters. The summed E-state index contributed by atoms with van der Waals surface area (Å²) in [5.74, 6) is 1.14. The van der Waals surface area contributed by atoms with E-state index >= 15 is 0 Å². The molecule has 4 heterocycles. The van der Waals surface area contributed by atoms with E-state index in [0.717, 1.165) is 25.2 Å². The Morgan fingerprint density at radius 3 is 2.71 bits per heavy atom. The number of nitrogens with zero attached hydrogens (tertiary/aromatic N) is 5. The molecule has 4 rings (SSSR count). The van der Waals surface area contributed by atoms with Crippen LogP contribution in [0.5, 0.6) is 0 Å². The molecule has 3 aromatic rings. The zero-order valence-electron chi connectivity index (χ0n) is 13.8. The molecule has 122 valence electrons. The second-order valence-corrected chi connectivity index (χ2v) is 6.42. The Labute approximate surface area is 140 Å².